The van der Waals surface area contributed by atoms with Crippen LogP contribution in [0.5, 0.6) is 0 Å². The van der Waals surface area contributed by atoms with Crippen molar-refractivity contribution >= 4 is 55.8 Å². The van der Waals surface area contributed by atoms with Crippen molar-refractivity contribution in [3.05, 3.63) is 66.2 Å². The number of nitrogens with zero attached hydrogens (tertiary/aromatic N) is 2. The van der Waals surface area contributed by atoms with Gasteiger partial charge in [-0.2, -0.15) is 0 Å². The monoisotopic (exact) mass is 460 g/mol. The number of anilines is 1. The Kier molecular flexibility index (Phi) is 4.94. The van der Waals surface area contributed by atoms with E-state index in [9.17, 15) is 14.9 Å². The van der Waals surface area contributed by atoms with Gasteiger partial charge in [0.25, 0.3) is 11.6 Å². The zero-order valence-electron chi connectivity index (χ0n) is 10.9. The maximum atomic E-state index is 12.5. The molecule has 0 aromatic heterocycles. The van der Waals surface area contributed by atoms with Crippen molar-refractivity contribution in [2.45, 2.75) is 0 Å². The summed E-state index contributed by atoms with van der Waals surface area (Å²) in [5.74, 6) is -0.186. The molecule has 0 radical (unpaired) electrons. The van der Waals surface area contributed by atoms with E-state index in [-0.39, 0.29) is 11.6 Å². The van der Waals surface area contributed by atoms with Crippen LogP contribution in [0.2, 0.25) is 0 Å². The molecule has 0 fully saturated rings. The average Bonchev–Trinajstić information content (AvgIpc) is 2.48. The van der Waals surface area contributed by atoms with Crippen LogP contribution in [0.1, 0.15) is 10.4 Å². The minimum Gasteiger partial charge on any atom is -0.311 e. The van der Waals surface area contributed by atoms with E-state index in [2.05, 4.69) is 38.5 Å². The zero-order valence-corrected chi connectivity index (χ0v) is 14.7. The third-order valence-corrected chi connectivity index (χ3v) is 4.27. The van der Waals surface area contributed by atoms with Gasteiger partial charge in [-0.3, -0.25) is 14.9 Å². The molecule has 2 aromatic rings. The van der Waals surface area contributed by atoms with Gasteiger partial charge in [0.2, 0.25) is 0 Å². The molecule has 0 aliphatic heterocycles. The second-order valence-corrected chi connectivity index (χ2v) is 6.36. The average molecular weight is 461 g/mol. The maximum absolute atomic E-state index is 12.5. The molecule has 0 aliphatic rings. The van der Waals surface area contributed by atoms with Gasteiger partial charge in [-0.25, -0.2) is 0 Å². The molecule has 0 unspecified atom stereocenters. The number of nitro groups is 1. The molecule has 2 aromatic carbocycles. The van der Waals surface area contributed by atoms with Crippen LogP contribution in [0, 0.1) is 13.7 Å². The van der Waals surface area contributed by atoms with Gasteiger partial charge in [0, 0.05) is 32.9 Å². The molecule has 5 nitrogen and oxygen atoms in total. The lowest BCUT2D eigenvalue weighted by atomic mass is 10.2. The Morgan fingerprint density at radius 1 is 1.24 bits per heavy atom. The Balaban J connectivity index is 2.30. The normalized spacial score (nSPS) is 10.2. The van der Waals surface area contributed by atoms with Gasteiger partial charge in [-0.05, 0) is 68.9 Å². The van der Waals surface area contributed by atoms with Crippen molar-refractivity contribution in [1.29, 1.82) is 0 Å². The summed E-state index contributed by atoms with van der Waals surface area (Å²) in [6.07, 6.45) is 0. The molecule has 108 valence electrons. The first-order valence-electron chi connectivity index (χ1n) is 5.87. The zero-order chi connectivity index (χ0) is 15.6. The van der Waals surface area contributed by atoms with Crippen LogP contribution < -0.4 is 4.90 Å². The van der Waals surface area contributed by atoms with Gasteiger partial charge in [0.05, 0.1) is 10.5 Å². The van der Waals surface area contributed by atoms with E-state index in [1.807, 2.05) is 12.1 Å². The summed E-state index contributed by atoms with van der Waals surface area (Å²) in [4.78, 5) is 24.1. The van der Waals surface area contributed by atoms with E-state index < -0.39 is 4.92 Å². The summed E-state index contributed by atoms with van der Waals surface area (Å²) >= 11 is 5.50. The number of rotatable bonds is 3. The highest BCUT2D eigenvalue weighted by Gasteiger charge is 2.17. The lowest BCUT2D eigenvalue weighted by Crippen LogP contribution is -2.26. The summed E-state index contributed by atoms with van der Waals surface area (Å²) in [5.41, 5.74) is 1.13. The van der Waals surface area contributed by atoms with E-state index in [1.54, 1.807) is 25.2 Å². The molecular formula is C14H10BrIN2O3. The fraction of sp³-hybridized carbons (Fsp3) is 0.0714. The largest absolute Gasteiger partial charge is 0.311 e. The lowest BCUT2D eigenvalue weighted by molar-refractivity contribution is -0.384. The Bertz CT molecular complexity index is 704. The standard InChI is InChI=1S/C14H10BrIN2O3/c1-17(10-3-5-11(6-4-10)18(20)21)14(19)12-8-9(16)2-7-13(12)15/h2-8H,1H3. The summed E-state index contributed by atoms with van der Waals surface area (Å²) < 4.78 is 1.66. The van der Waals surface area contributed by atoms with Crippen LogP contribution in [0.4, 0.5) is 11.4 Å². The Morgan fingerprint density at radius 3 is 2.43 bits per heavy atom. The number of hydrogen-bond donors (Lipinski definition) is 0. The molecule has 0 heterocycles. The number of halogens is 2. The third kappa shape index (κ3) is 3.59. The molecular weight excluding hydrogens is 451 g/mol. The number of benzene rings is 2. The van der Waals surface area contributed by atoms with Gasteiger partial charge in [0.1, 0.15) is 0 Å². The number of nitro benzene ring substituents is 1. The van der Waals surface area contributed by atoms with Crippen molar-refractivity contribution < 1.29 is 9.72 Å². The van der Waals surface area contributed by atoms with Crippen molar-refractivity contribution in [3.8, 4) is 0 Å². The predicted molar refractivity (Wildman–Crippen MR) is 92.7 cm³/mol. The van der Waals surface area contributed by atoms with Crippen molar-refractivity contribution in [2.75, 3.05) is 11.9 Å². The predicted octanol–water partition coefficient (Wildman–Crippen LogP) is 4.24. The van der Waals surface area contributed by atoms with E-state index >= 15 is 0 Å². The molecule has 0 saturated carbocycles. The van der Waals surface area contributed by atoms with Gasteiger partial charge in [0.15, 0.2) is 0 Å². The summed E-state index contributed by atoms with van der Waals surface area (Å²) in [6.45, 7) is 0. The first kappa shape index (κ1) is 15.9. The van der Waals surface area contributed by atoms with Crippen LogP contribution in [-0.4, -0.2) is 17.9 Å². The molecule has 0 N–H and O–H groups in total. The van der Waals surface area contributed by atoms with Crippen LogP contribution >= 0.6 is 38.5 Å². The number of non-ortho nitro benzene ring substituents is 1. The van der Waals surface area contributed by atoms with Crippen molar-refractivity contribution in [2.24, 2.45) is 0 Å². The number of carbonyl (C=O) groups is 1. The van der Waals surface area contributed by atoms with Crippen molar-refractivity contribution in [3.63, 3.8) is 0 Å². The highest BCUT2D eigenvalue weighted by Crippen LogP contribution is 2.24. The molecule has 21 heavy (non-hydrogen) atoms. The van der Waals surface area contributed by atoms with Crippen LogP contribution in [0.15, 0.2) is 46.9 Å². The first-order valence-corrected chi connectivity index (χ1v) is 7.75. The second-order valence-electron chi connectivity index (χ2n) is 4.26. The molecule has 0 saturated heterocycles. The molecule has 0 spiro atoms. The van der Waals surface area contributed by atoms with Gasteiger partial charge in [-0.1, -0.05) is 0 Å². The molecule has 0 bridgehead atoms. The fourth-order valence-corrected chi connectivity index (χ4v) is 2.66. The molecule has 0 aliphatic carbocycles. The minimum atomic E-state index is -0.470. The van der Waals surface area contributed by atoms with Crippen LogP contribution in [-0.2, 0) is 0 Å². The molecule has 2 rings (SSSR count). The quantitative estimate of drug-likeness (QED) is 0.391. The highest BCUT2D eigenvalue weighted by molar-refractivity contribution is 14.1. The van der Waals surface area contributed by atoms with Crippen LogP contribution in [0.25, 0.3) is 0 Å². The summed E-state index contributed by atoms with van der Waals surface area (Å²) in [5, 5.41) is 10.6. The Morgan fingerprint density at radius 2 is 1.86 bits per heavy atom. The van der Waals surface area contributed by atoms with Gasteiger partial charge < -0.3 is 4.90 Å². The number of hydrogen-bond acceptors (Lipinski definition) is 3. The SMILES string of the molecule is CN(C(=O)c1cc(I)ccc1Br)c1ccc([N+](=O)[O-])cc1. The highest BCUT2D eigenvalue weighted by atomic mass is 127. The van der Waals surface area contributed by atoms with E-state index in [4.69, 9.17) is 0 Å². The van der Waals surface area contributed by atoms with E-state index in [0.717, 1.165) is 3.57 Å². The smallest absolute Gasteiger partial charge is 0.269 e. The summed E-state index contributed by atoms with van der Waals surface area (Å²) in [6, 6.07) is 11.4. The lowest BCUT2D eigenvalue weighted by Gasteiger charge is -2.18. The second kappa shape index (κ2) is 6.52. The topological polar surface area (TPSA) is 63.5 Å². The van der Waals surface area contributed by atoms with Gasteiger partial charge in [-0.15, -0.1) is 0 Å². The minimum absolute atomic E-state index is 0.00459. The first-order chi connectivity index (χ1) is 9.90. The molecule has 0 atom stereocenters. The summed E-state index contributed by atoms with van der Waals surface area (Å²) in [7, 11) is 1.63. The van der Waals surface area contributed by atoms with Gasteiger partial charge >= 0.3 is 0 Å². The Labute approximate surface area is 143 Å². The fourth-order valence-electron chi connectivity index (χ4n) is 1.76. The van der Waals surface area contributed by atoms with E-state index in [0.29, 0.717) is 15.7 Å². The number of carbonyl (C=O) groups excluding carboxylic acids is 1. The van der Waals surface area contributed by atoms with Crippen molar-refractivity contribution in [1.82, 2.24) is 0 Å². The Hall–Kier alpha value is -1.48. The van der Waals surface area contributed by atoms with Crippen LogP contribution in [0.3, 0.4) is 0 Å². The van der Waals surface area contributed by atoms with E-state index in [1.165, 1.54) is 17.0 Å². The molecule has 1 amide bonds. The third-order valence-electron chi connectivity index (χ3n) is 2.91. The number of amides is 1. The molecule has 7 heteroatoms. The maximum Gasteiger partial charge on any atom is 0.269 e.